The lowest BCUT2D eigenvalue weighted by atomic mass is 10.1. The van der Waals surface area contributed by atoms with Crippen LogP contribution in [0.25, 0.3) is 0 Å². The van der Waals surface area contributed by atoms with Gasteiger partial charge in [-0.25, -0.2) is 0 Å². The van der Waals surface area contributed by atoms with E-state index in [0.717, 1.165) is 18.4 Å². The highest BCUT2D eigenvalue weighted by Crippen LogP contribution is 2.48. The fourth-order valence-corrected chi connectivity index (χ4v) is 4.64. The molecule has 2 aromatic heterocycles. The number of nitrogens with one attached hydrogen (secondary N) is 5. The SMILES string of the molecule is Cc1cc(NC(=O)C(=O)NC(C)(C)CNC(=O)c2ccc(Nc3nc(NC4(c5ccc(Cl)cc5)CC4)nc(OCC(F)(F)F)n3)cc2)no1. The van der Waals surface area contributed by atoms with Crippen LogP contribution in [0.4, 0.5) is 36.6 Å². The Kier molecular flexibility index (Phi) is 9.93. The van der Waals surface area contributed by atoms with Gasteiger partial charge in [-0.3, -0.25) is 19.7 Å². The number of alkyl halides is 3. The van der Waals surface area contributed by atoms with E-state index in [1.54, 1.807) is 45.0 Å². The Morgan fingerprint density at radius 2 is 1.63 bits per heavy atom. The third-order valence-electron chi connectivity index (χ3n) is 7.10. The van der Waals surface area contributed by atoms with Crippen molar-refractivity contribution in [2.75, 3.05) is 29.1 Å². The number of rotatable bonds is 12. The number of halogens is 4. The summed E-state index contributed by atoms with van der Waals surface area (Å²) in [6.07, 6.45) is -3.15. The van der Waals surface area contributed by atoms with E-state index in [4.69, 9.17) is 20.9 Å². The van der Waals surface area contributed by atoms with Crippen LogP contribution in [-0.4, -0.2) is 62.7 Å². The average molecular weight is 702 g/mol. The molecule has 0 saturated heterocycles. The van der Waals surface area contributed by atoms with Gasteiger partial charge in [0.2, 0.25) is 11.9 Å². The minimum absolute atomic E-state index is 0.00134. The highest BCUT2D eigenvalue weighted by molar-refractivity contribution is 6.39. The Bertz CT molecular complexity index is 1830. The first-order valence-electron chi connectivity index (χ1n) is 14.8. The van der Waals surface area contributed by atoms with Gasteiger partial charge in [-0.05, 0) is 75.6 Å². The molecule has 0 spiro atoms. The van der Waals surface area contributed by atoms with Crippen molar-refractivity contribution in [1.29, 1.82) is 0 Å². The van der Waals surface area contributed by atoms with Crippen LogP contribution in [0.15, 0.2) is 59.1 Å². The lowest BCUT2D eigenvalue weighted by molar-refractivity contribution is -0.154. The van der Waals surface area contributed by atoms with Gasteiger partial charge in [0.1, 0.15) is 5.76 Å². The van der Waals surface area contributed by atoms with Crippen LogP contribution in [0.5, 0.6) is 6.01 Å². The molecule has 5 rings (SSSR count). The van der Waals surface area contributed by atoms with Crippen molar-refractivity contribution in [3.63, 3.8) is 0 Å². The molecule has 3 amide bonds. The van der Waals surface area contributed by atoms with Gasteiger partial charge in [0.25, 0.3) is 5.91 Å². The molecule has 5 N–H and O–H groups in total. The zero-order chi connectivity index (χ0) is 35.4. The van der Waals surface area contributed by atoms with E-state index in [-0.39, 0.29) is 29.8 Å². The summed E-state index contributed by atoms with van der Waals surface area (Å²) >= 11 is 6.02. The lowest BCUT2D eigenvalue weighted by Gasteiger charge is -2.26. The number of carbonyl (C=O) groups is 3. The second-order valence-electron chi connectivity index (χ2n) is 11.9. The second kappa shape index (κ2) is 14.0. The van der Waals surface area contributed by atoms with Gasteiger partial charge < -0.3 is 30.5 Å². The molecule has 0 unspecified atom stereocenters. The van der Waals surface area contributed by atoms with Gasteiger partial charge in [-0.1, -0.05) is 28.9 Å². The van der Waals surface area contributed by atoms with E-state index in [9.17, 15) is 27.6 Å². The van der Waals surface area contributed by atoms with Gasteiger partial charge in [-0.2, -0.15) is 28.1 Å². The normalized spacial score (nSPS) is 13.6. The topological polar surface area (TPSA) is 185 Å². The Morgan fingerprint density at radius 1 is 0.959 bits per heavy atom. The molecule has 18 heteroatoms. The number of ether oxygens (including phenoxy) is 1. The zero-order valence-electron chi connectivity index (χ0n) is 26.4. The fourth-order valence-electron chi connectivity index (χ4n) is 4.52. The van der Waals surface area contributed by atoms with Crippen molar-refractivity contribution in [3.8, 4) is 6.01 Å². The number of amides is 3. The number of benzene rings is 2. The Hall–Kier alpha value is -5.45. The molecule has 258 valence electrons. The maximum atomic E-state index is 12.9. The molecule has 49 heavy (non-hydrogen) atoms. The van der Waals surface area contributed by atoms with E-state index >= 15 is 0 Å². The lowest BCUT2D eigenvalue weighted by Crippen LogP contribution is -2.54. The molecular formula is C31H31ClF3N9O5. The summed E-state index contributed by atoms with van der Waals surface area (Å²) in [5.41, 5.74) is 0.0507. The van der Waals surface area contributed by atoms with Crippen molar-refractivity contribution in [2.24, 2.45) is 0 Å². The average Bonchev–Trinajstić information content (AvgIpc) is 3.70. The third-order valence-corrected chi connectivity index (χ3v) is 7.35. The van der Waals surface area contributed by atoms with Crippen molar-refractivity contribution >= 4 is 52.7 Å². The van der Waals surface area contributed by atoms with E-state index in [1.165, 1.54) is 18.2 Å². The molecular weight excluding hydrogens is 671 g/mol. The Morgan fingerprint density at radius 3 is 2.24 bits per heavy atom. The minimum Gasteiger partial charge on any atom is -0.454 e. The molecule has 4 aromatic rings. The summed E-state index contributed by atoms with van der Waals surface area (Å²) in [6, 6.07) is 14.2. The minimum atomic E-state index is -4.61. The molecule has 0 atom stereocenters. The molecule has 14 nitrogen and oxygen atoms in total. The summed E-state index contributed by atoms with van der Waals surface area (Å²) in [6.45, 7) is 3.25. The molecule has 1 aliphatic carbocycles. The Balaban J connectivity index is 1.21. The third kappa shape index (κ3) is 9.79. The number of aryl methyl sites for hydroxylation is 1. The van der Waals surface area contributed by atoms with E-state index in [0.29, 0.717) is 16.5 Å². The van der Waals surface area contributed by atoms with Crippen molar-refractivity contribution in [2.45, 2.75) is 50.9 Å². The molecule has 2 aromatic carbocycles. The van der Waals surface area contributed by atoms with Gasteiger partial charge in [0, 0.05) is 28.9 Å². The molecule has 1 aliphatic rings. The molecule has 0 radical (unpaired) electrons. The van der Waals surface area contributed by atoms with E-state index in [1.807, 2.05) is 12.1 Å². The quantitative estimate of drug-likeness (QED) is 0.127. The first kappa shape index (κ1) is 34.9. The Labute approximate surface area is 282 Å². The summed E-state index contributed by atoms with van der Waals surface area (Å²) in [5, 5.41) is 17.8. The van der Waals surface area contributed by atoms with Crippen LogP contribution in [0.1, 0.15) is 48.4 Å². The number of hydrogen-bond donors (Lipinski definition) is 5. The van der Waals surface area contributed by atoms with Crippen LogP contribution < -0.4 is 31.3 Å². The van der Waals surface area contributed by atoms with Crippen molar-refractivity contribution < 1.29 is 36.8 Å². The number of hydrogen-bond acceptors (Lipinski definition) is 11. The summed E-state index contributed by atoms with van der Waals surface area (Å²) in [7, 11) is 0. The fraction of sp³-hybridized carbons (Fsp3) is 0.323. The van der Waals surface area contributed by atoms with E-state index in [2.05, 4.69) is 46.7 Å². The molecule has 0 bridgehead atoms. The van der Waals surface area contributed by atoms with Crippen molar-refractivity contribution in [1.82, 2.24) is 30.7 Å². The molecule has 1 fully saturated rings. The van der Waals surface area contributed by atoms with Gasteiger partial charge in [0.05, 0.1) is 11.1 Å². The van der Waals surface area contributed by atoms with Gasteiger partial charge in [-0.15, -0.1) is 0 Å². The van der Waals surface area contributed by atoms with Crippen LogP contribution in [-0.2, 0) is 15.1 Å². The first-order valence-corrected chi connectivity index (χ1v) is 15.2. The molecule has 0 aliphatic heterocycles. The maximum absolute atomic E-state index is 12.9. The van der Waals surface area contributed by atoms with Crippen LogP contribution in [0.3, 0.4) is 0 Å². The standard InChI is InChI=1S/C31H31ClF3N9O5/c1-17-14-22(44-49-17)38-24(46)25(47)42-29(2,3)15-36-23(45)18-4-10-21(11-5-18)37-26-39-27(41-28(40-26)48-16-31(33,34)35)43-30(12-13-30)19-6-8-20(32)9-7-19/h4-11,14H,12-13,15-16H2,1-3H3,(H,36,45)(H,42,47)(H,38,44,46)(H2,37,39,40,41,43). The van der Waals surface area contributed by atoms with Gasteiger partial charge >= 0.3 is 24.0 Å². The number of anilines is 4. The summed E-state index contributed by atoms with van der Waals surface area (Å²) in [4.78, 5) is 49.7. The predicted octanol–water partition coefficient (Wildman–Crippen LogP) is 4.87. The maximum Gasteiger partial charge on any atom is 0.422 e. The number of aromatic nitrogens is 4. The monoisotopic (exact) mass is 701 g/mol. The second-order valence-corrected chi connectivity index (χ2v) is 12.3. The van der Waals surface area contributed by atoms with Gasteiger partial charge in [0.15, 0.2) is 12.4 Å². The predicted molar refractivity (Wildman–Crippen MR) is 172 cm³/mol. The number of nitrogens with zero attached hydrogens (tertiary/aromatic N) is 4. The van der Waals surface area contributed by atoms with Crippen LogP contribution in [0.2, 0.25) is 5.02 Å². The summed E-state index contributed by atoms with van der Waals surface area (Å²) in [5.74, 6) is -1.91. The van der Waals surface area contributed by atoms with E-state index < -0.39 is 47.6 Å². The molecule has 2 heterocycles. The number of carbonyl (C=O) groups excluding carboxylic acids is 3. The first-order chi connectivity index (χ1) is 23.1. The zero-order valence-corrected chi connectivity index (χ0v) is 27.1. The highest BCUT2D eigenvalue weighted by atomic mass is 35.5. The summed E-state index contributed by atoms with van der Waals surface area (Å²) < 4.78 is 48.4. The van der Waals surface area contributed by atoms with Crippen LogP contribution >= 0.6 is 11.6 Å². The van der Waals surface area contributed by atoms with Crippen LogP contribution in [0, 0.1) is 6.92 Å². The molecule has 1 saturated carbocycles. The smallest absolute Gasteiger partial charge is 0.422 e. The highest BCUT2D eigenvalue weighted by Gasteiger charge is 2.45. The van der Waals surface area contributed by atoms with Crippen molar-refractivity contribution in [3.05, 3.63) is 76.5 Å². The largest absolute Gasteiger partial charge is 0.454 e.